The maximum absolute atomic E-state index is 11.8. The summed E-state index contributed by atoms with van der Waals surface area (Å²) in [6, 6.07) is 5.93. The van der Waals surface area contributed by atoms with Crippen LogP contribution in [0, 0.1) is 6.92 Å². The Bertz CT molecular complexity index is 748. The van der Waals surface area contributed by atoms with Crippen LogP contribution in [0.15, 0.2) is 40.8 Å². The molecule has 0 aliphatic heterocycles. The first-order chi connectivity index (χ1) is 8.72. The Morgan fingerprint density at radius 3 is 2.79 bits per heavy atom. The molecule has 0 spiro atoms. The van der Waals surface area contributed by atoms with Gasteiger partial charge in [0.1, 0.15) is 4.70 Å². The number of aryl methyl sites for hydroxylation is 1. The molecule has 0 atom stereocenters. The molecule has 98 valence electrons. The molecule has 0 aromatic carbocycles. The van der Waals surface area contributed by atoms with Gasteiger partial charge in [-0.05, 0) is 23.9 Å². The van der Waals surface area contributed by atoms with Gasteiger partial charge >= 0.3 is 0 Å². The average molecular weight is 294 g/mol. The number of nitrogens with one attached hydrogen (secondary N) is 1. The molecule has 3 rings (SSSR count). The molecule has 0 bridgehead atoms. The number of nitrogens with zero attached hydrogens (tertiary/aromatic N) is 2. The molecule has 3 aromatic rings. The standard InChI is InChI=1S/C13H11N3OS.ClH/c1-9-2-5-16(6-3-9)8-11-14-10-4-7-18-12(10)13(17)15-11;/h2-7H,8H2,1H3;1H. The average Bonchev–Trinajstić information content (AvgIpc) is 2.81. The van der Waals surface area contributed by atoms with Gasteiger partial charge in [-0.3, -0.25) is 4.79 Å². The van der Waals surface area contributed by atoms with Crippen molar-refractivity contribution in [1.82, 2.24) is 9.97 Å². The number of aromatic nitrogens is 3. The lowest BCUT2D eigenvalue weighted by Gasteiger charge is -1.98. The number of hydrogen-bond donors (Lipinski definition) is 1. The number of fused-ring (bicyclic) bond motifs is 1. The Morgan fingerprint density at radius 1 is 1.32 bits per heavy atom. The van der Waals surface area contributed by atoms with Crippen molar-refractivity contribution in [2.45, 2.75) is 13.5 Å². The van der Waals surface area contributed by atoms with Crippen LogP contribution in [0.1, 0.15) is 11.4 Å². The smallest absolute Gasteiger partial charge is 0.269 e. The van der Waals surface area contributed by atoms with E-state index in [1.165, 1.54) is 16.9 Å². The van der Waals surface area contributed by atoms with Gasteiger partial charge in [-0.1, -0.05) is 0 Å². The lowest BCUT2D eigenvalue weighted by Crippen LogP contribution is -3.00. The fourth-order valence-corrected chi connectivity index (χ4v) is 2.53. The second kappa shape index (κ2) is 5.50. The fourth-order valence-electron chi connectivity index (χ4n) is 1.81. The lowest BCUT2D eigenvalue weighted by molar-refractivity contribution is -0.689. The van der Waals surface area contributed by atoms with Crippen LogP contribution in [0.2, 0.25) is 0 Å². The highest BCUT2D eigenvalue weighted by Gasteiger charge is 2.08. The molecule has 6 heteroatoms. The Kier molecular flexibility index (Phi) is 3.97. The van der Waals surface area contributed by atoms with Gasteiger partial charge < -0.3 is 17.4 Å². The third-order valence-corrected chi connectivity index (χ3v) is 3.66. The van der Waals surface area contributed by atoms with E-state index in [2.05, 4.69) is 9.97 Å². The van der Waals surface area contributed by atoms with E-state index >= 15 is 0 Å². The van der Waals surface area contributed by atoms with E-state index in [-0.39, 0.29) is 18.0 Å². The van der Waals surface area contributed by atoms with Crippen molar-refractivity contribution < 1.29 is 17.0 Å². The fraction of sp³-hybridized carbons (Fsp3) is 0.154. The molecule has 4 nitrogen and oxygen atoms in total. The van der Waals surface area contributed by atoms with Gasteiger partial charge in [-0.15, -0.1) is 11.3 Å². The topological polar surface area (TPSA) is 49.6 Å². The molecule has 0 saturated heterocycles. The van der Waals surface area contributed by atoms with Crippen molar-refractivity contribution in [2.75, 3.05) is 0 Å². The zero-order valence-corrected chi connectivity index (χ0v) is 11.8. The van der Waals surface area contributed by atoms with Gasteiger partial charge in [-0.2, -0.15) is 4.57 Å². The van der Waals surface area contributed by atoms with Crippen LogP contribution in [-0.4, -0.2) is 9.97 Å². The van der Waals surface area contributed by atoms with E-state index < -0.39 is 0 Å². The van der Waals surface area contributed by atoms with Crippen LogP contribution >= 0.6 is 11.3 Å². The summed E-state index contributed by atoms with van der Waals surface area (Å²) in [5.74, 6) is 0.680. The van der Waals surface area contributed by atoms with Crippen LogP contribution in [0.3, 0.4) is 0 Å². The summed E-state index contributed by atoms with van der Waals surface area (Å²) < 4.78 is 2.68. The summed E-state index contributed by atoms with van der Waals surface area (Å²) in [6.45, 7) is 2.61. The minimum Gasteiger partial charge on any atom is -1.00 e. The molecule has 0 unspecified atom stereocenters. The molecule has 3 heterocycles. The number of rotatable bonds is 2. The molecule has 0 aliphatic rings. The van der Waals surface area contributed by atoms with Crippen LogP contribution in [0.25, 0.3) is 10.2 Å². The molecule has 0 amide bonds. The predicted octanol–water partition coefficient (Wildman–Crippen LogP) is -1.37. The summed E-state index contributed by atoms with van der Waals surface area (Å²) in [4.78, 5) is 19.1. The second-order valence-electron chi connectivity index (χ2n) is 4.20. The number of pyridine rings is 1. The number of hydrogen-bond acceptors (Lipinski definition) is 3. The summed E-state index contributed by atoms with van der Waals surface area (Å²) in [5.41, 5.74) is 1.92. The SMILES string of the molecule is Cc1cc[n+](Cc2nc3ccsc3c(=O)[nH]2)cc1.[Cl-]. The normalized spacial score (nSPS) is 10.4. The van der Waals surface area contributed by atoms with Crippen LogP contribution in [0.4, 0.5) is 0 Å². The van der Waals surface area contributed by atoms with Crippen LogP contribution < -0.4 is 22.5 Å². The van der Waals surface area contributed by atoms with Gasteiger partial charge in [0.05, 0.1) is 5.52 Å². The highest BCUT2D eigenvalue weighted by Crippen LogP contribution is 2.13. The van der Waals surface area contributed by atoms with Crippen molar-refractivity contribution in [3.63, 3.8) is 0 Å². The highest BCUT2D eigenvalue weighted by atomic mass is 35.5. The van der Waals surface area contributed by atoms with E-state index in [4.69, 9.17) is 0 Å². The van der Waals surface area contributed by atoms with Crippen molar-refractivity contribution in [3.8, 4) is 0 Å². The van der Waals surface area contributed by atoms with Crippen LogP contribution in [0.5, 0.6) is 0 Å². The van der Waals surface area contributed by atoms with E-state index in [1.54, 1.807) is 0 Å². The second-order valence-corrected chi connectivity index (χ2v) is 5.11. The number of halogens is 1. The first-order valence-electron chi connectivity index (χ1n) is 5.64. The highest BCUT2D eigenvalue weighted by molar-refractivity contribution is 7.17. The summed E-state index contributed by atoms with van der Waals surface area (Å²) in [6.07, 6.45) is 3.96. The minimum atomic E-state index is -0.0577. The van der Waals surface area contributed by atoms with Gasteiger partial charge in [0.25, 0.3) is 5.56 Å². The van der Waals surface area contributed by atoms with Gasteiger partial charge in [0.2, 0.25) is 6.54 Å². The molecule has 0 radical (unpaired) electrons. The van der Waals surface area contributed by atoms with E-state index in [0.29, 0.717) is 17.1 Å². The number of aromatic amines is 1. The zero-order valence-electron chi connectivity index (χ0n) is 10.3. The molecular weight excluding hydrogens is 282 g/mol. The Hall–Kier alpha value is -1.72. The van der Waals surface area contributed by atoms with Crippen molar-refractivity contribution in [2.24, 2.45) is 0 Å². The van der Waals surface area contributed by atoms with Crippen molar-refractivity contribution in [3.05, 3.63) is 57.7 Å². The minimum absolute atomic E-state index is 0. The molecule has 3 aromatic heterocycles. The summed E-state index contributed by atoms with van der Waals surface area (Å²) >= 11 is 1.42. The third-order valence-electron chi connectivity index (χ3n) is 2.75. The zero-order chi connectivity index (χ0) is 12.5. The largest absolute Gasteiger partial charge is 1.00 e. The molecule has 0 aliphatic carbocycles. The van der Waals surface area contributed by atoms with Gasteiger partial charge in [0, 0.05) is 12.1 Å². The molecule has 19 heavy (non-hydrogen) atoms. The van der Waals surface area contributed by atoms with Crippen molar-refractivity contribution in [1.29, 1.82) is 0 Å². The Balaban J connectivity index is 0.00000133. The van der Waals surface area contributed by atoms with Gasteiger partial charge in [0.15, 0.2) is 18.2 Å². The number of thiophene rings is 1. The van der Waals surface area contributed by atoms with E-state index in [9.17, 15) is 4.79 Å². The molecule has 1 N–H and O–H groups in total. The third kappa shape index (κ3) is 2.83. The molecule has 0 fully saturated rings. The maximum Gasteiger partial charge on any atom is 0.269 e. The lowest BCUT2D eigenvalue weighted by atomic mass is 10.3. The number of H-pyrrole nitrogens is 1. The van der Waals surface area contributed by atoms with Gasteiger partial charge in [-0.25, -0.2) is 4.98 Å². The van der Waals surface area contributed by atoms with Crippen LogP contribution in [-0.2, 0) is 6.54 Å². The molecule has 0 saturated carbocycles. The first kappa shape index (κ1) is 13.7. The molecular formula is C13H12ClN3OS. The predicted molar refractivity (Wildman–Crippen MR) is 70.7 cm³/mol. The quantitative estimate of drug-likeness (QED) is 0.593. The van der Waals surface area contributed by atoms with Crippen molar-refractivity contribution >= 4 is 21.6 Å². The Labute approximate surface area is 120 Å². The maximum atomic E-state index is 11.8. The van der Waals surface area contributed by atoms with E-state index in [0.717, 1.165) is 5.52 Å². The Morgan fingerprint density at radius 2 is 2.05 bits per heavy atom. The van der Waals surface area contributed by atoms with E-state index in [1.807, 2.05) is 47.5 Å². The monoisotopic (exact) mass is 293 g/mol. The summed E-state index contributed by atoms with van der Waals surface area (Å²) in [7, 11) is 0. The first-order valence-corrected chi connectivity index (χ1v) is 6.52. The summed E-state index contributed by atoms with van der Waals surface area (Å²) in [5, 5.41) is 1.88.